The van der Waals surface area contributed by atoms with Crippen molar-refractivity contribution in [2.75, 3.05) is 6.54 Å². The van der Waals surface area contributed by atoms with E-state index in [1.165, 1.54) is 36.0 Å². The van der Waals surface area contributed by atoms with Crippen LogP contribution in [-0.4, -0.2) is 17.6 Å². The van der Waals surface area contributed by atoms with Crippen molar-refractivity contribution in [3.63, 3.8) is 0 Å². The molecule has 0 radical (unpaired) electrons. The van der Waals surface area contributed by atoms with Gasteiger partial charge in [0.1, 0.15) is 0 Å². The lowest BCUT2D eigenvalue weighted by atomic mass is 9.75. The SMILES string of the molecule is CCCNC1CC(c2ccc(-c3ccncc3)cc2)C1. The summed E-state index contributed by atoms with van der Waals surface area (Å²) in [6, 6.07) is 13.9. The van der Waals surface area contributed by atoms with Gasteiger partial charge in [0.25, 0.3) is 0 Å². The van der Waals surface area contributed by atoms with Crippen LogP contribution in [0.3, 0.4) is 0 Å². The van der Waals surface area contributed by atoms with Crippen molar-refractivity contribution in [2.45, 2.75) is 38.1 Å². The Morgan fingerprint density at radius 2 is 1.65 bits per heavy atom. The molecule has 1 aliphatic carbocycles. The first-order chi connectivity index (χ1) is 9.86. The van der Waals surface area contributed by atoms with E-state index in [-0.39, 0.29) is 0 Å². The van der Waals surface area contributed by atoms with Gasteiger partial charge >= 0.3 is 0 Å². The van der Waals surface area contributed by atoms with E-state index in [2.05, 4.69) is 53.6 Å². The zero-order valence-electron chi connectivity index (χ0n) is 12.0. The topological polar surface area (TPSA) is 24.9 Å². The highest BCUT2D eigenvalue weighted by Gasteiger charge is 2.29. The fourth-order valence-corrected chi connectivity index (χ4v) is 2.90. The molecule has 1 aliphatic rings. The van der Waals surface area contributed by atoms with Crippen LogP contribution in [0.15, 0.2) is 48.8 Å². The lowest BCUT2D eigenvalue weighted by Gasteiger charge is -2.36. The second kappa shape index (κ2) is 6.19. The Morgan fingerprint density at radius 1 is 1.00 bits per heavy atom. The molecule has 3 rings (SSSR count). The van der Waals surface area contributed by atoms with E-state index in [0.717, 1.165) is 18.5 Å². The molecule has 0 saturated heterocycles. The van der Waals surface area contributed by atoms with E-state index in [9.17, 15) is 0 Å². The predicted octanol–water partition coefficient (Wildman–Crippen LogP) is 3.99. The first kappa shape index (κ1) is 13.3. The quantitative estimate of drug-likeness (QED) is 0.885. The summed E-state index contributed by atoms with van der Waals surface area (Å²) in [5, 5.41) is 3.60. The molecule has 0 spiro atoms. The summed E-state index contributed by atoms with van der Waals surface area (Å²) < 4.78 is 0. The Kier molecular flexibility index (Phi) is 4.12. The van der Waals surface area contributed by atoms with Crippen molar-refractivity contribution in [3.05, 3.63) is 54.4 Å². The van der Waals surface area contributed by atoms with Gasteiger partial charge in [0.15, 0.2) is 0 Å². The molecule has 2 aromatic rings. The Morgan fingerprint density at radius 3 is 2.30 bits per heavy atom. The average Bonchev–Trinajstić information content (AvgIpc) is 2.47. The Bertz CT molecular complexity index is 527. The fourth-order valence-electron chi connectivity index (χ4n) is 2.90. The highest BCUT2D eigenvalue weighted by Crippen LogP contribution is 2.37. The van der Waals surface area contributed by atoms with Gasteiger partial charge in [-0.3, -0.25) is 4.98 Å². The van der Waals surface area contributed by atoms with Gasteiger partial charge in [-0.25, -0.2) is 0 Å². The van der Waals surface area contributed by atoms with Gasteiger partial charge < -0.3 is 5.32 Å². The molecule has 0 atom stereocenters. The van der Waals surface area contributed by atoms with Crippen molar-refractivity contribution < 1.29 is 0 Å². The van der Waals surface area contributed by atoms with Crippen molar-refractivity contribution in [1.29, 1.82) is 0 Å². The Balaban J connectivity index is 1.61. The van der Waals surface area contributed by atoms with E-state index in [0.29, 0.717) is 0 Å². The van der Waals surface area contributed by atoms with Gasteiger partial charge in [0.2, 0.25) is 0 Å². The van der Waals surface area contributed by atoms with Gasteiger partial charge in [0.05, 0.1) is 0 Å². The number of nitrogens with one attached hydrogen (secondary N) is 1. The second-order valence-electron chi connectivity index (χ2n) is 5.68. The molecule has 20 heavy (non-hydrogen) atoms. The minimum atomic E-state index is 0.736. The molecular formula is C18H22N2. The van der Waals surface area contributed by atoms with E-state index in [1.807, 2.05) is 12.4 Å². The molecule has 0 bridgehead atoms. The molecule has 0 aliphatic heterocycles. The first-order valence-corrected chi connectivity index (χ1v) is 7.60. The molecule has 2 heteroatoms. The molecule has 1 saturated carbocycles. The van der Waals surface area contributed by atoms with Gasteiger partial charge in [-0.2, -0.15) is 0 Å². The zero-order valence-corrected chi connectivity index (χ0v) is 12.0. The highest BCUT2D eigenvalue weighted by atomic mass is 14.9. The average molecular weight is 266 g/mol. The lowest BCUT2D eigenvalue weighted by molar-refractivity contribution is 0.292. The molecule has 1 aromatic heterocycles. The monoisotopic (exact) mass is 266 g/mol. The molecular weight excluding hydrogens is 244 g/mol. The smallest absolute Gasteiger partial charge is 0.0273 e. The zero-order chi connectivity index (χ0) is 13.8. The Labute approximate surface area is 121 Å². The van der Waals surface area contributed by atoms with Crippen LogP contribution in [0, 0.1) is 0 Å². The molecule has 1 aromatic carbocycles. The summed E-state index contributed by atoms with van der Waals surface area (Å²) in [5.74, 6) is 0.746. The van der Waals surface area contributed by atoms with E-state index in [1.54, 1.807) is 0 Å². The fraction of sp³-hybridized carbons (Fsp3) is 0.389. The van der Waals surface area contributed by atoms with E-state index >= 15 is 0 Å². The van der Waals surface area contributed by atoms with Crippen LogP contribution in [0.4, 0.5) is 0 Å². The number of benzene rings is 1. The van der Waals surface area contributed by atoms with Gasteiger partial charge in [0, 0.05) is 18.4 Å². The summed E-state index contributed by atoms with van der Waals surface area (Å²) in [4.78, 5) is 4.06. The standard InChI is InChI=1S/C18H22N2/c1-2-9-20-18-12-17(13-18)15-5-3-14(4-6-15)16-7-10-19-11-8-16/h3-8,10-11,17-18,20H,2,9,12-13H2,1H3. The third kappa shape index (κ3) is 2.91. The number of hydrogen-bond donors (Lipinski definition) is 1. The molecule has 104 valence electrons. The maximum absolute atomic E-state index is 4.06. The van der Waals surface area contributed by atoms with Crippen LogP contribution in [0.1, 0.15) is 37.7 Å². The third-order valence-electron chi connectivity index (χ3n) is 4.22. The maximum Gasteiger partial charge on any atom is 0.0273 e. The highest BCUT2D eigenvalue weighted by molar-refractivity contribution is 5.63. The lowest BCUT2D eigenvalue weighted by Crippen LogP contribution is -2.40. The van der Waals surface area contributed by atoms with E-state index < -0.39 is 0 Å². The Hall–Kier alpha value is -1.67. The number of aromatic nitrogens is 1. The number of nitrogens with zero attached hydrogens (tertiary/aromatic N) is 1. The molecule has 0 unspecified atom stereocenters. The van der Waals surface area contributed by atoms with E-state index in [4.69, 9.17) is 0 Å². The molecule has 1 heterocycles. The van der Waals surface area contributed by atoms with Crippen LogP contribution >= 0.6 is 0 Å². The summed E-state index contributed by atoms with van der Waals surface area (Å²) in [6.07, 6.45) is 7.49. The summed E-state index contributed by atoms with van der Waals surface area (Å²) in [5.41, 5.74) is 4.00. The van der Waals surface area contributed by atoms with Crippen LogP contribution in [-0.2, 0) is 0 Å². The summed E-state index contributed by atoms with van der Waals surface area (Å²) >= 11 is 0. The number of hydrogen-bond acceptors (Lipinski definition) is 2. The normalized spacial score (nSPS) is 21.4. The van der Waals surface area contributed by atoms with Gasteiger partial charge in [-0.1, -0.05) is 31.2 Å². The van der Waals surface area contributed by atoms with Crippen LogP contribution in [0.5, 0.6) is 0 Å². The summed E-state index contributed by atoms with van der Waals surface area (Å²) in [7, 11) is 0. The second-order valence-corrected chi connectivity index (χ2v) is 5.68. The molecule has 1 fully saturated rings. The third-order valence-corrected chi connectivity index (χ3v) is 4.22. The predicted molar refractivity (Wildman–Crippen MR) is 83.7 cm³/mol. The van der Waals surface area contributed by atoms with Crippen LogP contribution < -0.4 is 5.32 Å². The van der Waals surface area contributed by atoms with Crippen molar-refractivity contribution >= 4 is 0 Å². The van der Waals surface area contributed by atoms with Gasteiger partial charge in [-0.05, 0) is 60.5 Å². The van der Waals surface area contributed by atoms with Crippen molar-refractivity contribution in [1.82, 2.24) is 10.3 Å². The minimum absolute atomic E-state index is 0.736. The number of pyridine rings is 1. The molecule has 2 nitrogen and oxygen atoms in total. The molecule has 0 amide bonds. The number of rotatable bonds is 5. The first-order valence-electron chi connectivity index (χ1n) is 7.60. The van der Waals surface area contributed by atoms with Crippen molar-refractivity contribution in [2.24, 2.45) is 0 Å². The largest absolute Gasteiger partial charge is 0.314 e. The van der Waals surface area contributed by atoms with Crippen molar-refractivity contribution in [3.8, 4) is 11.1 Å². The molecule has 1 N–H and O–H groups in total. The minimum Gasteiger partial charge on any atom is -0.314 e. The maximum atomic E-state index is 4.06. The summed E-state index contributed by atoms with van der Waals surface area (Å²) in [6.45, 7) is 3.37. The van der Waals surface area contributed by atoms with Gasteiger partial charge in [-0.15, -0.1) is 0 Å². The van der Waals surface area contributed by atoms with Crippen LogP contribution in [0.25, 0.3) is 11.1 Å². The van der Waals surface area contributed by atoms with Crippen LogP contribution in [0.2, 0.25) is 0 Å².